The number of hydrogen-bond acceptors (Lipinski definition) is 8. The summed E-state index contributed by atoms with van der Waals surface area (Å²) in [6.45, 7) is 0.0664. The van der Waals surface area contributed by atoms with Gasteiger partial charge in [-0.05, 0) is 23.4 Å². The first-order valence-corrected chi connectivity index (χ1v) is 7.99. The van der Waals surface area contributed by atoms with E-state index in [0.717, 1.165) is 4.80 Å². The molecule has 3 rings (SSSR count). The molecule has 1 atom stereocenters. The van der Waals surface area contributed by atoms with Gasteiger partial charge in [0.25, 0.3) is 0 Å². The standard InChI is InChI=1S/C15H13ClFN7O3.ClH/c16-9-5-19-15(20-6-9)27-12-2-1-8(3-11(12)17)14-21-23-24(22-14)7-10(18)4-13(25)26;/h1-3,5-6,10H,4,7,18H2,(H,25,26);1H/t10-;/m0./s1. The summed E-state index contributed by atoms with van der Waals surface area (Å²) in [5, 5.41) is 20.7. The lowest BCUT2D eigenvalue weighted by molar-refractivity contribution is -0.137. The van der Waals surface area contributed by atoms with Crippen molar-refractivity contribution >= 4 is 30.0 Å². The molecule has 28 heavy (non-hydrogen) atoms. The maximum absolute atomic E-state index is 14.3. The fourth-order valence-corrected chi connectivity index (χ4v) is 2.21. The zero-order chi connectivity index (χ0) is 19.4. The zero-order valence-electron chi connectivity index (χ0n) is 14.1. The van der Waals surface area contributed by atoms with Crippen molar-refractivity contribution in [2.24, 2.45) is 5.73 Å². The molecule has 3 aromatic rings. The molecule has 0 bridgehead atoms. The van der Waals surface area contributed by atoms with Crippen molar-refractivity contribution in [3.8, 4) is 23.1 Å². The van der Waals surface area contributed by atoms with Crippen molar-refractivity contribution in [2.45, 2.75) is 19.0 Å². The van der Waals surface area contributed by atoms with Gasteiger partial charge >= 0.3 is 12.0 Å². The lowest BCUT2D eigenvalue weighted by Crippen LogP contribution is -2.30. The molecule has 3 N–H and O–H groups in total. The fourth-order valence-electron chi connectivity index (χ4n) is 2.11. The van der Waals surface area contributed by atoms with Crippen LogP contribution in [0.15, 0.2) is 30.6 Å². The third-order valence-electron chi connectivity index (χ3n) is 3.28. The predicted octanol–water partition coefficient (Wildman–Crippen LogP) is 1.94. The molecule has 0 aliphatic heterocycles. The van der Waals surface area contributed by atoms with E-state index in [-0.39, 0.29) is 43.0 Å². The smallest absolute Gasteiger partial charge is 0.322 e. The lowest BCUT2D eigenvalue weighted by atomic mass is 10.2. The first-order valence-electron chi connectivity index (χ1n) is 7.61. The molecule has 1 aromatic carbocycles. The van der Waals surface area contributed by atoms with Crippen LogP contribution in [-0.2, 0) is 11.3 Å². The molecule has 2 heterocycles. The Morgan fingerprint density at radius 3 is 2.71 bits per heavy atom. The molecule has 13 heteroatoms. The summed E-state index contributed by atoms with van der Waals surface area (Å²) in [6, 6.07) is 3.36. The van der Waals surface area contributed by atoms with E-state index in [2.05, 4.69) is 25.4 Å². The molecule has 0 saturated carbocycles. The van der Waals surface area contributed by atoms with Gasteiger partial charge in [0.05, 0.1) is 30.4 Å². The van der Waals surface area contributed by atoms with Crippen LogP contribution in [0.1, 0.15) is 6.42 Å². The van der Waals surface area contributed by atoms with Crippen molar-refractivity contribution in [1.82, 2.24) is 30.2 Å². The van der Waals surface area contributed by atoms with Gasteiger partial charge in [-0.15, -0.1) is 22.6 Å². The van der Waals surface area contributed by atoms with E-state index in [1.54, 1.807) is 0 Å². The van der Waals surface area contributed by atoms with E-state index in [0.29, 0.717) is 10.6 Å². The number of nitrogens with two attached hydrogens (primary N) is 1. The summed E-state index contributed by atoms with van der Waals surface area (Å²) in [7, 11) is 0. The number of benzene rings is 1. The monoisotopic (exact) mass is 429 g/mol. The normalized spacial score (nSPS) is 11.5. The molecule has 148 valence electrons. The van der Waals surface area contributed by atoms with Gasteiger partial charge in [0.15, 0.2) is 11.6 Å². The molecule has 0 spiro atoms. The number of rotatable bonds is 7. The summed E-state index contributed by atoms with van der Waals surface area (Å²) in [4.78, 5) is 19.4. The maximum Gasteiger partial charge on any atom is 0.322 e. The quantitative estimate of drug-likeness (QED) is 0.575. The predicted molar refractivity (Wildman–Crippen MR) is 97.8 cm³/mol. The maximum atomic E-state index is 14.3. The van der Waals surface area contributed by atoms with Crippen LogP contribution in [0.5, 0.6) is 11.8 Å². The number of ether oxygens (including phenoxy) is 1. The van der Waals surface area contributed by atoms with Gasteiger partial charge in [0.2, 0.25) is 5.82 Å². The van der Waals surface area contributed by atoms with Crippen LogP contribution in [0.2, 0.25) is 5.02 Å². The Kier molecular flexibility index (Phi) is 7.15. The molecule has 0 aliphatic carbocycles. The SMILES string of the molecule is Cl.N[C@@H](CC(=O)O)Cn1nnc(-c2ccc(Oc3ncc(Cl)cn3)c(F)c2)n1. The van der Waals surface area contributed by atoms with Crippen molar-refractivity contribution < 1.29 is 19.0 Å². The summed E-state index contributed by atoms with van der Waals surface area (Å²) in [6.07, 6.45) is 2.42. The highest BCUT2D eigenvalue weighted by Crippen LogP contribution is 2.26. The average molecular weight is 430 g/mol. The molecular formula is C15H14Cl2FN7O3. The van der Waals surface area contributed by atoms with Crippen LogP contribution in [-0.4, -0.2) is 47.3 Å². The minimum absolute atomic E-state index is 0. The molecule has 0 radical (unpaired) electrons. The van der Waals surface area contributed by atoms with E-state index >= 15 is 0 Å². The minimum Gasteiger partial charge on any atom is -0.481 e. The Bertz CT molecular complexity index is 955. The van der Waals surface area contributed by atoms with E-state index in [9.17, 15) is 9.18 Å². The molecule has 0 saturated heterocycles. The molecular weight excluding hydrogens is 416 g/mol. The number of aromatic nitrogens is 6. The third-order valence-corrected chi connectivity index (χ3v) is 3.47. The van der Waals surface area contributed by atoms with Gasteiger partial charge in [-0.1, -0.05) is 11.6 Å². The van der Waals surface area contributed by atoms with Crippen molar-refractivity contribution in [3.63, 3.8) is 0 Å². The van der Waals surface area contributed by atoms with Gasteiger partial charge < -0.3 is 15.6 Å². The zero-order valence-corrected chi connectivity index (χ0v) is 15.6. The van der Waals surface area contributed by atoms with Crippen molar-refractivity contribution in [3.05, 3.63) is 41.4 Å². The second kappa shape index (κ2) is 9.35. The second-order valence-corrected chi connectivity index (χ2v) is 5.89. The van der Waals surface area contributed by atoms with Gasteiger partial charge in [0.1, 0.15) is 0 Å². The lowest BCUT2D eigenvalue weighted by Gasteiger charge is -2.06. The van der Waals surface area contributed by atoms with Crippen LogP contribution in [0.25, 0.3) is 11.4 Å². The summed E-state index contributed by atoms with van der Waals surface area (Å²) in [5.41, 5.74) is 6.03. The average Bonchev–Trinajstić information content (AvgIpc) is 3.06. The van der Waals surface area contributed by atoms with Crippen LogP contribution < -0.4 is 10.5 Å². The molecule has 0 aliphatic rings. The van der Waals surface area contributed by atoms with E-state index in [1.165, 1.54) is 30.6 Å². The highest BCUT2D eigenvalue weighted by atomic mass is 35.5. The van der Waals surface area contributed by atoms with Crippen molar-refractivity contribution in [2.75, 3.05) is 0 Å². The number of nitrogens with zero attached hydrogens (tertiary/aromatic N) is 6. The van der Waals surface area contributed by atoms with Crippen LogP contribution in [0, 0.1) is 5.82 Å². The van der Waals surface area contributed by atoms with E-state index < -0.39 is 17.8 Å². The topological polar surface area (TPSA) is 142 Å². The molecule has 0 amide bonds. The van der Waals surface area contributed by atoms with E-state index in [4.69, 9.17) is 27.2 Å². The molecule has 2 aromatic heterocycles. The van der Waals surface area contributed by atoms with Gasteiger partial charge in [-0.3, -0.25) is 4.79 Å². The Labute approximate surface area is 168 Å². The van der Waals surface area contributed by atoms with Gasteiger partial charge in [0, 0.05) is 11.6 Å². The van der Waals surface area contributed by atoms with E-state index in [1.807, 2.05) is 0 Å². The minimum atomic E-state index is -1.02. The number of carboxylic acid groups (broad SMARTS) is 1. The Morgan fingerprint density at radius 1 is 1.36 bits per heavy atom. The van der Waals surface area contributed by atoms with Gasteiger partial charge in [-0.25, -0.2) is 14.4 Å². The molecule has 0 unspecified atom stereocenters. The first-order chi connectivity index (χ1) is 12.9. The van der Waals surface area contributed by atoms with Crippen LogP contribution in [0.4, 0.5) is 4.39 Å². The number of tetrazole rings is 1. The first kappa shape index (κ1) is 21.4. The third kappa shape index (κ3) is 5.55. The van der Waals surface area contributed by atoms with Crippen LogP contribution >= 0.6 is 24.0 Å². The largest absolute Gasteiger partial charge is 0.481 e. The molecule has 0 fully saturated rings. The summed E-state index contributed by atoms with van der Waals surface area (Å²) < 4.78 is 19.5. The number of carboxylic acids is 1. The van der Waals surface area contributed by atoms with Crippen LogP contribution in [0.3, 0.4) is 0 Å². The van der Waals surface area contributed by atoms with Gasteiger partial charge in [-0.2, -0.15) is 4.80 Å². The second-order valence-electron chi connectivity index (χ2n) is 5.46. The Hall–Kier alpha value is -2.89. The fraction of sp³-hybridized carbons (Fsp3) is 0.200. The summed E-state index contributed by atoms with van der Waals surface area (Å²) in [5.74, 6) is -1.63. The van der Waals surface area contributed by atoms with Crippen molar-refractivity contribution in [1.29, 1.82) is 0 Å². The number of carbonyl (C=O) groups is 1. The Balaban J connectivity index is 0.00000280. The Morgan fingerprint density at radius 2 is 2.07 bits per heavy atom. The highest BCUT2D eigenvalue weighted by molar-refractivity contribution is 6.30. The molecule has 10 nitrogen and oxygen atoms in total. The highest BCUT2D eigenvalue weighted by Gasteiger charge is 2.14. The number of aliphatic carboxylic acids is 1. The number of halogens is 3. The summed E-state index contributed by atoms with van der Waals surface area (Å²) >= 11 is 5.68. The number of hydrogen-bond donors (Lipinski definition) is 2.